The summed E-state index contributed by atoms with van der Waals surface area (Å²) in [7, 11) is 1.16. The van der Waals surface area contributed by atoms with Crippen LogP contribution < -0.4 is 14.4 Å². The van der Waals surface area contributed by atoms with Gasteiger partial charge in [-0.1, -0.05) is 0 Å². The second-order valence-electron chi connectivity index (χ2n) is 10.6. The summed E-state index contributed by atoms with van der Waals surface area (Å²) < 4.78 is 57.5. The summed E-state index contributed by atoms with van der Waals surface area (Å²) in [5.74, 6) is 0.0211. The standard InChI is InChI=1S/C26H32F3N5O4/c1-25(2)11-16(6-9-37-25)24(35)34-7-4-18(13-34)38-22-19-14-33(8-5-21(19)31-15-32-22)17-10-20(26(27,28)29)23(36-3)30-12-17/h10,12,15-16,18H,4-9,11,13-14H2,1-3H3/t16?,18-/m0/s1. The van der Waals surface area contributed by atoms with Crippen molar-refractivity contribution in [1.82, 2.24) is 19.9 Å². The zero-order valence-electron chi connectivity index (χ0n) is 21.8. The lowest BCUT2D eigenvalue weighted by Gasteiger charge is -2.36. The fourth-order valence-corrected chi connectivity index (χ4v) is 5.50. The van der Waals surface area contributed by atoms with Gasteiger partial charge in [0.05, 0.1) is 48.9 Å². The van der Waals surface area contributed by atoms with Crippen molar-refractivity contribution in [3.8, 4) is 11.8 Å². The highest BCUT2D eigenvalue weighted by Crippen LogP contribution is 2.38. The van der Waals surface area contributed by atoms with Crippen LogP contribution in [-0.2, 0) is 28.7 Å². The van der Waals surface area contributed by atoms with Gasteiger partial charge in [0.15, 0.2) is 0 Å². The number of ether oxygens (including phenoxy) is 3. The van der Waals surface area contributed by atoms with E-state index in [1.165, 1.54) is 12.5 Å². The van der Waals surface area contributed by atoms with Gasteiger partial charge in [-0.15, -0.1) is 0 Å². The average Bonchev–Trinajstić information content (AvgIpc) is 3.35. The number of hydrogen-bond acceptors (Lipinski definition) is 8. The predicted octanol–water partition coefficient (Wildman–Crippen LogP) is 3.65. The summed E-state index contributed by atoms with van der Waals surface area (Å²) in [6.45, 7) is 6.43. The largest absolute Gasteiger partial charge is 0.481 e. The maximum Gasteiger partial charge on any atom is 0.421 e. The van der Waals surface area contributed by atoms with Crippen molar-refractivity contribution in [2.45, 2.75) is 64.0 Å². The number of nitrogens with zero attached hydrogens (tertiary/aromatic N) is 5. The Morgan fingerprint density at radius 1 is 1.16 bits per heavy atom. The van der Waals surface area contributed by atoms with Gasteiger partial charge in [-0.3, -0.25) is 4.79 Å². The summed E-state index contributed by atoms with van der Waals surface area (Å²) >= 11 is 0. The van der Waals surface area contributed by atoms with E-state index in [1.54, 1.807) is 4.90 Å². The first-order valence-corrected chi connectivity index (χ1v) is 12.8. The molecule has 0 bridgehead atoms. The summed E-state index contributed by atoms with van der Waals surface area (Å²) in [5.41, 5.74) is 0.641. The Morgan fingerprint density at radius 3 is 2.71 bits per heavy atom. The predicted molar refractivity (Wildman–Crippen MR) is 131 cm³/mol. The van der Waals surface area contributed by atoms with E-state index in [2.05, 4.69) is 15.0 Å². The Bertz CT molecular complexity index is 1190. The number of halogens is 3. The molecule has 0 N–H and O–H groups in total. The molecule has 2 fully saturated rings. The van der Waals surface area contributed by atoms with Gasteiger partial charge in [0, 0.05) is 38.5 Å². The molecule has 2 saturated heterocycles. The average molecular weight is 536 g/mol. The highest BCUT2D eigenvalue weighted by molar-refractivity contribution is 5.79. The Kier molecular flexibility index (Phi) is 7.10. The molecule has 2 atom stereocenters. The number of rotatable bonds is 5. The first-order valence-electron chi connectivity index (χ1n) is 12.8. The van der Waals surface area contributed by atoms with Crippen LogP contribution in [0.2, 0.25) is 0 Å². The van der Waals surface area contributed by atoms with E-state index >= 15 is 0 Å². The molecular formula is C26H32F3N5O4. The molecule has 0 saturated carbocycles. The van der Waals surface area contributed by atoms with Crippen LogP contribution in [-0.4, -0.2) is 70.8 Å². The molecule has 206 valence electrons. The molecule has 1 unspecified atom stereocenters. The van der Waals surface area contributed by atoms with Crippen molar-refractivity contribution in [1.29, 1.82) is 0 Å². The van der Waals surface area contributed by atoms with Crippen LogP contribution >= 0.6 is 0 Å². The van der Waals surface area contributed by atoms with Gasteiger partial charge in [0.1, 0.15) is 18.0 Å². The number of hydrogen-bond donors (Lipinski definition) is 0. The number of likely N-dealkylation sites (tertiary alicyclic amines) is 1. The number of carbonyl (C=O) groups excluding carboxylic acids is 1. The highest BCUT2D eigenvalue weighted by atomic mass is 19.4. The van der Waals surface area contributed by atoms with Crippen LogP contribution in [0.4, 0.5) is 18.9 Å². The summed E-state index contributed by atoms with van der Waals surface area (Å²) in [6.07, 6.45) is 0.625. The van der Waals surface area contributed by atoms with Crippen LogP contribution in [0.5, 0.6) is 11.8 Å². The molecule has 0 aliphatic carbocycles. The monoisotopic (exact) mass is 535 g/mol. The molecule has 2 aromatic rings. The van der Waals surface area contributed by atoms with Crippen molar-refractivity contribution in [3.05, 3.63) is 35.4 Å². The molecule has 9 nitrogen and oxygen atoms in total. The maximum atomic E-state index is 13.5. The second kappa shape index (κ2) is 10.2. The molecule has 12 heteroatoms. The molecule has 38 heavy (non-hydrogen) atoms. The number of fused-ring (bicyclic) bond motifs is 1. The Labute approximate surface area is 219 Å². The number of carbonyl (C=O) groups is 1. The van der Waals surface area contributed by atoms with Crippen LogP contribution in [0, 0.1) is 5.92 Å². The van der Waals surface area contributed by atoms with Gasteiger partial charge in [0.25, 0.3) is 0 Å². The first kappa shape index (κ1) is 26.5. The third-order valence-corrected chi connectivity index (χ3v) is 7.44. The molecule has 0 spiro atoms. The van der Waals surface area contributed by atoms with E-state index in [9.17, 15) is 18.0 Å². The van der Waals surface area contributed by atoms with Crippen LogP contribution in [0.1, 0.15) is 49.9 Å². The molecule has 2 aromatic heterocycles. The van der Waals surface area contributed by atoms with Crippen LogP contribution in [0.25, 0.3) is 0 Å². The minimum atomic E-state index is -4.59. The van der Waals surface area contributed by atoms with Gasteiger partial charge >= 0.3 is 6.18 Å². The van der Waals surface area contributed by atoms with E-state index < -0.39 is 17.6 Å². The van der Waals surface area contributed by atoms with Crippen molar-refractivity contribution in [2.75, 3.05) is 38.3 Å². The van der Waals surface area contributed by atoms with Gasteiger partial charge in [-0.25, -0.2) is 15.0 Å². The zero-order valence-corrected chi connectivity index (χ0v) is 21.8. The highest BCUT2D eigenvalue weighted by Gasteiger charge is 2.39. The number of methoxy groups -OCH3 is 1. The SMILES string of the molecule is COc1ncc(N2CCc3ncnc(O[C@H]4CCN(C(=O)C5CCOC(C)(C)C5)C4)c3C2)cc1C(F)(F)F. The maximum absolute atomic E-state index is 13.5. The van der Waals surface area contributed by atoms with Gasteiger partial charge in [-0.2, -0.15) is 13.2 Å². The fraction of sp³-hybridized carbons (Fsp3) is 0.615. The van der Waals surface area contributed by atoms with Crippen molar-refractivity contribution in [2.24, 2.45) is 5.92 Å². The van der Waals surface area contributed by atoms with Crippen molar-refractivity contribution < 1.29 is 32.2 Å². The number of aromatic nitrogens is 3. The molecule has 5 heterocycles. The van der Waals surface area contributed by atoms with Gasteiger partial charge in [-0.05, 0) is 32.8 Å². The Balaban J connectivity index is 1.28. The topological polar surface area (TPSA) is 89.9 Å². The minimum Gasteiger partial charge on any atom is -0.481 e. The lowest BCUT2D eigenvalue weighted by Crippen LogP contribution is -2.43. The van der Waals surface area contributed by atoms with E-state index in [0.717, 1.165) is 30.9 Å². The quantitative estimate of drug-likeness (QED) is 0.574. The van der Waals surface area contributed by atoms with Crippen LogP contribution in [0.15, 0.2) is 18.6 Å². The minimum absolute atomic E-state index is 0.0578. The molecule has 0 radical (unpaired) electrons. The van der Waals surface area contributed by atoms with Crippen LogP contribution in [0.3, 0.4) is 0 Å². The Hall–Kier alpha value is -3.15. The molecule has 1 amide bonds. The number of pyridine rings is 1. The molecule has 3 aliphatic heterocycles. The smallest absolute Gasteiger partial charge is 0.421 e. The third-order valence-electron chi connectivity index (χ3n) is 7.44. The van der Waals surface area contributed by atoms with E-state index in [1.807, 2.05) is 18.7 Å². The first-order chi connectivity index (χ1) is 18.0. The molecule has 0 aromatic carbocycles. The fourth-order valence-electron chi connectivity index (χ4n) is 5.50. The number of alkyl halides is 3. The van der Waals surface area contributed by atoms with Crippen molar-refractivity contribution >= 4 is 11.6 Å². The second-order valence-corrected chi connectivity index (χ2v) is 10.6. The van der Waals surface area contributed by atoms with Gasteiger partial charge in [0.2, 0.25) is 17.7 Å². The van der Waals surface area contributed by atoms with E-state index in [0.29, 0.717) is 57.1 Å². The lowest BCUT2D eigenvalue weighted by atomic mass is 9.87. The zero-order chi connectivity index (χ0) is 27.1. The van der Waals surface area contributed by atoms with E-state index in [4.69, 9.17) is 14.2 Å². The molecular weight excluding hydrogens is 503 g/mol. The number of amides is 1. The molecule has 5 rings (SSSR count). The third kappa shape index (κ3) is 5.50. The summed E-state index contributed by atoms with van der Waals surface area (Å²) in [6, 6.07) is 1.05. The van der Waals surface area contributed by atoms with E-state index in [-0.39, 0.29) is 30.1 Å². The lowest BCUT2D eigenvalue weighted by molar-refractivity contribution is -0.144. The summed E-state index contributed by atoms with van der Waals surface area (Å²) in [5, 5.41) is 0. The normalized spacial score (nSPS) is 23.2. The number of anilines is 1. The Morgan fingerprint density at radius 2 is 1.97 bits per heavy atom. The molecule has 3 aliphatic rings. The van der Waals surface area contributed by atoms with Crippen molar-refractivity contribution in [3.63, 3.8) is 0 Å². The summed E-state index contributed by atoms with van der Waals surface area (Å²) in [4.78, 5) is 29.4. The van der Waals surface area contributed by atoms with Gasteiger partial charge < -0.3 is 24.0 Å².